The third-order valence-electron chi connectivity index (χ3n) is 6.11. The number of hydrogen-bond donors (Lipinski definition) is 0. The maximum Gasteiger partial charge on any atom is 0.312 e. The first-order chi connectivity index (χ1) is 13.9. The summed E-state index contributed by atoms with van der Waals surface area (Å²) in [6.45, 7) is 8.00. The van der Waals surface area contributed by atoms with Crippen LogP contribution in [0.1, 0.15) is 44.7 Å². The molecule has 0 unspecified atom stereocenters. The first-order valence-electron chi connectivity index (χ1n) is 10.7. The van der Waals surface area contributed by atoms with Gasteiger partial charge in [-0.25, -0.2) is 0 Å². The van der Waals surface area contributed by atoms with E-state index in [9.17, 15) is 4.79 Å². The largest absolute Gasteiger partial charge is 0.488 e. The number of methoxy groups -OCH3 is 1. The van der Waals surface area contributed by atoms with Crippen molar-refractivity contribution in [2.24, 2.45) is 5.92 Å². The molecule has 0 N–H and O–H groups in total. The molecule has 29 heavy (non-hydrogen) atoms. The maximum absolute atomic E-state index is 11.7. The summed E-state index contributed by atoms with van der Waals surface area (Å²) >= 11 is 0. The number of nitrogens with zero attached hydrogens (tertiary/aromatic N) is 1. The monoisotopic (exact) mass is 393 g/mol. The summed E-state index contributed by atoms with van der Waals surface area (Å²) in [5.74, 6) is 0.917. The molecule has 2 aliphatic heterocycles. The Hall–Kier alpha value is -2.49. The first-order valence-corrected chi connectivity index (χ1v) is 10.7. The molecular formula is C25H31NO3. The Bertz CT molecular complexity index is 912. The van der Waals surface area contributed by atoms with Gasteiger partial charge in [0.25, 0.3) is 0 Å². The molecule has 0 atom stereocenters. The first kappa shape index (κ1) is 19.8. The van der Waals surface area contributed by atoms with Crippen molar-refractivity contribution in [1.29, 1.82) is 0 Å². The molecule has 1 fully saturated rings. The number of hydrogen-bond acceptors (Lipinski definition) is 4. The third kappa shape index (κ3) is 3.98. The van der Waals surface area contributed by atoms with Gasteiger partial charge in [0, 0.05) is 24.3 Å². The predicted molar refractivity (Wildman–Crippen MR) is 117 cm³/mol. The average molecular weight is 394 g/mol. The lowest BCUT2D eigenvalue weighted by molar-refractivity contribution is -0.146. The zero-order valence-corrected chi connectivity index (χ0v) is 18.0. The highest BCUT2D eigenvalue weighted by molar-refractivity contribution is 5.78. The molecule has 2 heterocycles. The topological polar surface area (TPSA) is 38.8 Å². The molecule has 2 aliphatic rings. The SMILES string of the molecule is CCCc1cc2c(c(-c3cccc(N4CC(C(=O)OC)C4)c3)c1)CCC(C)(C)O2. The zero-order valence-electron chi connectivity index (χ0n) is 18.0. The fourth-order valence-corrected chi connectivity index (χ4v) is 4.39. The van der Waals surface area contributed by atoms with Crippen molar-refractivity contribution >= 4 is 11.7 Å². The molecule has 0 spiro atoms. The summed E-state index contributed by atoms with van der Waals surface area (Å²) in [6, 6.07) is 13.3. The van der Waals surface area contributed by atoms with E-state index in [0.29, 0.717) is 0 Å². The minimum Gasteiger partial charge on any atom is -0.488 e. The Morgan fingerprint density at radius 3 is 2.76 bits per heavy atom. The molecule has 0 saturated carbocycles. The summed E-state index contributed by atoms with van der Waals surface area (Å²) < 4.78 is 11.2. The van der Waals surface area contributed by atoms with Gasteiger partial charge in [-0.3, -0.25) is 4.79 Å². The van der Waals surface area contributed by atoms with E-state index in [-0.39, 0.29) is 17.5 Å². The number of fused-ring (bicyclic) bond motifs is 1. The van der Waals surface area contributed by atoms with Crippen LogP contribution in [0.4, 0.5) is 5.69 Å². The van der Waals surface area contributed by atoms with E-state index >= 15 is 0 Å². The van der Waals surface area contributed by atoms with Crippen LogP contribution in [0.15, 0.2) is 36.4 Å². The smallest absolute Gasteiger partial charge is 0.312 e. The number of rotatable bonds is 5. The Morgan fingerprint density at radius 1 is 1.24 bits per heavy atom. The minimum absolute atomic E-state index is 0.0140. The summed E-state index contributed by atoms with van der Waals surface area (Å²) in [4.78, 5) is 14.0. The van der Waals surface area contributed by atoms with E-state index in [1.807, 2.05) is 0 Å². The summed E-state index contributed by atoms with van der Waals surface area (Å²) in [5.41, 5.74) is 6.21. The molecule has 154 valence electrons. The number of carbonyl (C=O) groups is 1. The Labute approximate surface area is 173 Å². The van der Waals surface area contributed by atoms with Gasteiger partial charge in [-0.2, -0.15) is 0 Å². The minimum atomic E-state index is -0.114. The van der Waals surface area contributed by atoms with Crippen molar-refractivity contribution in [2.75, 3.05) is 25.1 Å². The van der Waals surface area contributed by atoms with Gasteiger partial charge < -0.3 is 14.4 Å². The van der Waals surface area contributed by atoms with Gasteiger partial charge in [-0.1, -0.05) is 31.5 Å². The molecule has 1 saturated heterocycles. The Morgan fingerprint density at radius 2 is 2.03 bits per heavy atom. The lowest BCUT2D eigenvalue weighted by Crippen LogP contribution is -2.50. The molecular weight excluding hydrogens is 362 g/mol. The number of anilines is 1. The number of ether oxygens (including phenoxy) is 2. The quantitative estimate of drug-likeness (QED) is 0.669. The van der Waals surface area contributed by atoms with E-state index in [4.69, 9.17) is 9.47 Å². The van der Waals surface area contributed by atoms with E-state index in [1.165, 1.54) is 29.4 Å². The van der Waals surface area contributed by atoms with Gasteiger partial charge in [0.1, 0.15) is 11.4 Å². The van der Waals surface area contributed by atoms with Crippen LogP contribution >= 0.6 is 0 Å². The van der Waals surface area contributed by atoms with Gasteiger partial charge >= 0.3 is 5.97 Å². The Balaban J connectivity index is 1.66. The average Bonchev–Trinajstić information content (AvgIpc) is 2.65. The zero-order chi connectivity index (χ0) is 20.6. The van der Waals surface area contributed by atoms with Gasteiger partial charge in [0.15, 0.2) is 0 Å². The van der Waals surface area contributed by atoms with Crippen molar-refractivity contribution in [1.82, 2.24) is 0 Å². The standard InChI is InChI=1S/C25H31NO3/c1-5-7-17-12-22(21-10-11-25(2,3)29-23(21)13-17)18-8-6-9-20(14-18)26-15-19(16-26)24(27)28-4/h6,8-9,12-14,19H,5,7,10-11,15-16H2,1-4H3. The van der Waals surface area contributed by atoms with E-state index in [1.54, 1.807) is 0 Å². The second-order valence-corrected chi connectivity index (χ2v) is 8.91. The number of aryl methyl sites for hydroxylation is 1. The fraction of sp³-hybridized carbons (Fsp3) is 0.480. The normalized spacial score (nSPS) is 17.9. The second kappa shape index (κ2) is 7.74. The second-order valence-electron chi connectivity index (χ2n) is 8.91. The van der Waals surface area contributed by atoms with E-state index < -0.39 is 0 Å². The third-order valence-corrected chi connectivity index (χ3v) is 6.11. The Kier molecular flexibility index (Phi) is 5.28. The lowest BCUT2D eigenvalue weighted by Gasteiger charge is -2.39. The predicted octanol–water partition coefficient (Wildman–Crippen LogP) is 5.02. The number of benzene rings is 2. The van der Waals surface area contributed by atoms with Crippen LogP contribution in [0.2, 0.25) is 0 Å². The molecule has 4 rings (SSSR count). The van der Waals surface area contributed by atoms with E-state index in [0.717, 1.165) is 50.2 Å². The number of esters is 1. The molecule has 2 aromatic carbocycles. The van der Waals surface area contributed by atoms with Gasteiger partial charge in [-0.05, 0) is 68.0 Å². The highest BCUT2D eigenvalue weighted by atomic mass is 16.5. The van der Waals surface area contributed by atoms with Gasteiger partial charge in [0.2, 0.25) is 0 Å². The molecule has 0 aliphatic carbocycles. The van der Waals surface area contributed by atoms with Crippen molar-refractivity contribution in [2.45, 2.75) is 52.1 Å². The maximum atomic E-state index is 11.7. The molecule has 4 heteroatoms. The van der Waals surface area contributed by atoms with Crippen LogP contribution in [0, 0.1) is 5.92 Å². The van der Waals surface area contributed by atoms with Crippen LogP contribution in [0.25, 0.3) is 11.1 Å². The van der Waals surface area contributed by atoms with Gasteiger partial charge in [0.05, 0.1) is 13.0 Å². The highest BCUT2D eigenvalue weighted by Crippen LogP contribution is 2.41. The summed E-state index contributed by atoms with van der Waals surface area (Å²) in [5, 5.41) is 0. The summed E-state index contributed by atoms with van der Waals surface area (Å²) in [6.07, 6.45) is 4.22. The van der Waals surface area contributed by atoms with Gasteiger partial charge in [-0.15, -0.1) is 0 Å². The van der Waals surface area contributed by atoms with Crippen molar-refractivity contribution in [3.05, 3.63) is 47.5 Å². The highest BCUT2D eigenvalue weighted by Gasteiger charge is 2.34. The van der Waals surface area contributed by atoms with Crippen molar-refractivity contribution < 1.29 is 14.3 Å². The van der Waals surface area contributed by atoms with Crippen LogP contribution in [0.5, 0.6) is 5.75 Å². The van der Waals surface area contributed by atoms with Crippen LogP contribution in [0.3, 0.4) is 0 Å². The fourth-order valence-electron chi connectivity index (χ4n) is 4.39. The van der Waals surface area contributed by atoms with Crippen molar-refractivity contribution in [3.8, 4) is 16.9 Å². The van der Waals surface area contributed by atoms with Crippen LogP contribution < -0.4 is 9.64 Å². The number of carbonyl (C=O) groups excluding carboxylic acids is 1. The lowest BCUT2D eigenvalue weighted by atomic mass is 9.87. The molecule has 0 radical (unpaired) electrons. The van der Waals surface area contributed by atoms with Crippen LogP contribution in [-0.4, -0.2) is 31.8 Å². The van der Waals surface area contributed by atoms with Crippen LogP contribution in [-0.2, 0) is 22.4 Å². The molecule has 4 nitrogen and oxygen atoms in total. The van der Waals surface area contributed by atoms with Crippen molar-refractivity contribution in [3.63, 3.8) is 0 Å². The molecule has 0 bridgehead atoms. The molecule has 0 aromatic heterocycles. The molecule has 2 aromatic rings. The van der Waals surface area contributed by atoms with E-state index in [2.05, 4.69) is 62.1 Å². The summed E-state index contributed by atoms with van der Waals surface area (Å²) in [7, 11) is 1.46. The molecule has 0 amide bonds.